The lowest BCUT2D eigenvalue weighted by Gasteiger charge is -2.32. The Hall–Kier alpha value is -2.58. The van der Waals surface area contributed by atoms with Gasteiger partial charge in [0.25, 0.3) is 5.56 Å². The third-order valence-electron chi connectivity index (χ3n) is 4.41. The first-order chi connectivity index (χ1) is 12.3. The lowest BCUT2D eigenvalue weighted by molar-refractivity contribution is -0.141. The Bertz CT molecular complexity index is 814. The van der Waals surface area contributed by atoms with Crippen LogP contribution in [0.15, 0.2) is 35.5 Å². The minimum atomic E-state index is -4.48. The molecule has 2 aromatic heterocycles. The molecule has 0 bridgehead atoms. The molecule has 140 valence electrons. The highest BCUT2D eigenvalue weighted by atomic mass is 19.4. The smallest absolute Gasteiger partial charge is 0.433 e. The lowest BCUT2D eigenvalue weighted by atomic mass is 9.98. The quantitative estimate of drug-likeness (QED) is 0.830. The highest BCUT2D eigenvalue weighted by Gasteiger charge is 2.32. The number of hydrogen-bond donors (Lipinski definition) is 0. The molecule has 9 heteroatoms. The predicted molar refractivity (Wildman–Crippen MR) is 89.1 cm³/mol. The monoisotopic (exact) mass is 368 g/mol. The van der Waals surface area contributed by atoms with Crippen molar-refractivity contribution in [1.29, 1.82) is 0 Å². The molecule has 0 saturated carbocycles. The lowest BCUT2D eigenvalue weighted by Crippen LogP contribution is -2.37. The molecule has 1 aliphatic rings. The van der Waals surface area contributed by atoms with Crippen LogP contribution in [-0.2, 0) is 13.2 Å². The van der Waals surface area contributed by atoms with Crippen LogP contribution in [0.5, 0.6) is 5.75 Å². The number of nitrogens with zero attached hydrogens (tertiary/aromatic N) is 4. The van der Waals surface area contributed by atoms with Gasteiger partial charge in [0, 0.05) is 38.5 Å². The number of aromatic nitrogens is 3. The summed E-state index contributed by atoms with van der Waals surface area (Å²) in [4.78, 5) is 21.3. The molecule has 0 spiro atoms. The normalized spacial score (nSPS) is 15.9. The van der Waals surface area contributed by atoms with E-state index >= 15 is 0 Å². The van der Waals surface area contributed by atoms with Crippen LogP contribution in [0, 0.1) is 5.92 Å². The fraction of sp³-hybridized carbons (Fsp3) is 0.471. The van der Waals surface area contributed by atoms with Crippen LogP contribution in [0.4, 0.5) is 19.0 Å². The number of pyridine rings is 1. The number of halogens is 3. The van der Waals surface area contributed by atoms with Gasteiger partial charge in [-0.25, -0.2) is 4.98 Å². The van der Waals surface area contributed by atoms with Crippen LogP contribution in [0.2, 0.25) is 0 Å². The number of rotatable bonds is 4. The second kappa shape index (κ2) is 7.35. The van der Waals surface area contributed by atoms with Crippen molar-refractivity contribution < 1.29 is 17.9 Å². The second-order valence-corrected chi connectivity index (χ2v) is 6.31. The molecule has 3 rings (SSSR count). The molecule has 1 aliphatic heterocycles. The van der Waals surface area contributed by atoms with Gasteiger partial charge in [-0.3, -0.25) is 9.78 Å². The molecule has 0 atom stereocenters. The minimum Gasteiger partial charge on any atom is -0.493 e. The van der Waals surface area contributed by atoms with Gasteiger partial charge in [-0.1, -0.05) is 0 Å². The summed E-state index contributed by atoms with van der Waals surface area (Å²) in [5.41, 5.74) is -1.07. The van der Waals surface area contributed by atoms with Crippen molar-refractivity contribution in [3.63, 3.8) is 0 Å². The van der Waals surface area contributed by atoms with Crippen LogP contribution < -0.4 is 15.2 Å². The van der Waals surface area contributed by atoms with E-state index in [-0.39, 0.29) is 17.2 Å². The number of alkyl halides is 3. The first-order valence-corrected chi connectivity index (χ1v) is 8.26. The van der Waals surface area contributed by atoms with E-state index in [0.29, 0.717) is 12.4 Å². The zero-order chi connectivity index (χ0) is 18.7. The fourth-order valence-electron chi connectivity index (χ4n) is 2.82. The van der Waals surface area contributed by atoms with Crippen LogP contribution in [0.3, 0.4) is 0 Å². The van der Waals surface area contributed by atoms with Gasteiger partial charge in [0.1, 0.15) is 17.3 Å². The van der Waals surface area contributed by atoms with Gasteiger partial charge in [-0.2, -0.15) is 13.2 Å². The molecule has 0 amide bonds. The Morgan fingerprint density at radius 2 is 1.96 bits per heavy atom. The second-order valence-electron chi connectivity index (χ2n) is 6.31. The molecule has 2 aromatic rings. The first-order valence-electron chi connectivity index (χ1n) is 8.26. The zero-order valence-corrected chi connectivity index (χ0v) is 14.2. The number of piperidine rings is 1. The van der Waals surface area contributed by atoms with E-state index in [1.807, 2.05) is 4.90 Å². The zero-order valence-electron chi connectivity index (χ0n) is 14.2. The van der Waals surface area contributed by atoms with Gasteiger partial charge < -0.3 is 14.2 Å². The standard InChI is InChI=1S/C17H19F3N4O2/c1-23-11-22-15(9-16(23)25)24-6-3-12(4-7-24)10-26-13-2-5-21-14(8-13)17(18,19)20/h2,5,8-9,11-12H,3-4,6-7,10H2,1H3. The van der Waals surface area contributed by atoms with Crippen molar-refractivity contribution in [2.75, 3.05) is 24.6 Å². The Morgan fingerprint density at radius 3 is 2.62 bits per heavy atom. The van der Waals surface area contributed by atoms with E-state index in [1.54, 1.807) is 7.05 Å². The fourth-order valence-corrected chi connectivity index (χ4v) is 2.82. The van der Waals surface area contributed by atoms with E-state index in [1.165, 1.54) is 23.0 Å². The summed E-state index contributed by atoms with van der Waals surface area (Å²) in [6.45, 7) is 1.79. The molecule has 3 heterocycles. The van der Waals surface area contributed by atoms with E-state index < -0.39 is 11.9 Å². The van der Waals surface area contributed by atoms with E-state index in [2.05, 4.69) is 9.97 Å². The number of aryl methyl sites for hydroxylation is 1. The van der Waals surface area contributed by atoms with Crippen molar-refractivity contribution in [2.45, 2.75) is 19.0 Å². The highest BCUT2D eigenvalue weighted by Crippen LogP contribution is 2.30. The van der Waals surface area contributed by atoms with Crippen LogP contribution >= 0.6 is 0 Å². The van der Waals surface area contributed by atoms with E-state index in [0.717, 1.165) is 38.2 Å². The largest absolute Gasteiger partial charge is 0.493 e. The number of ether oxygens (including phenoxy) is 1. The summed E-state index contributed by atoms with van der Waals surface area (Å²) in [6, 6.07) is 3.85. The van der Waals surface area contributed by atoms with Crippen LogP contribution in [-0.4, -0.2) is 34.2 Å². The third kappa shape index (κ3) is 4.33. The summed E-state index contributed by atoms with van der Waals surface area (Å²) >= 11 is 0. The Balaban J connectivity index is 1.53. The van der Waals surface area contributed by atoms with E-state index in [4.69, 9.17) is 4.74 Å². The molecule has 6 nitrogen and oxygen atoms in total. The Kier molecular flexibility index (Phi) is 5.15. The van der Waals surface area contributed by atoms with Crippen molar-refractivity contribution >= 4 is 5.82 Å². The van der Waals surface area contributed by atoms with Crippen LogP contribution in [0.1, 0.15) is 18.5 Å². The molecule has 0 aromatic carbocycles. The van der Waals surface area contributed by atoms with Gasteiger partial charge in [-0.15, -0.1) is 0 Å². The van der Waals surface area contributed by atoms with Crippen molar-refractivity contribution in [1.82, 2.24) is 14.5 Å². The third-order valence-corrected chi connectivity index (χ3v) is 4.41. The van der Waals surface area contributed by atoms with Gasteiger partial charge in [0.05, 0.1) is 12.9 Å². The summed E-state index contributed by atoms with van der Waals surface area (Å²) in [7, 11) is 1.64. The van der Waals surface area contributed by atoms with Gasteiger partial charge in [0.2, 0.25) is 0 Å². The Morgan fingerprint density at radius 1 is 1.23 bits per heavy atom. The van der Waals surface area contributed by atoms with Gasteiger partial charge in [-0.05, 0) is 24.8 Å². The first kappa shape index (κ1) is 18.2. The minimum absolute atomic E-state index is 0.112. The summed E-state index contributed by atoms with van der Waals surface area (Å²) in [5, 5.41) is 0. The SMILES string of the molecule is Cn1cnc(N2CCC(COc3ccnc(C(F)(F)F)c3)CC2)cc1=O. The molecule has 1 saturated heterocycles. The molecular weight excluding hydrogens is 349 g/mol. The average molecular weight is 368 g/mol. The van der Waals surface area contributed by atoms with E-state index in [9.17, 15) is 18.0 Å². The topological polar surface area (TPSA) is 60.3 Å². The average Bonchev–Trinajstić information content (AvgIpc) is 2.62. The maximum Gasteiger partial charge on any atom is 0.433 e. The molecule has 1 fully saturated rings. The van der Waals surface area contributed by atoms with Gasteiger partial charge >= 0.3 is 6.18 Å². The maximum atomic E-state index is 12.7. The molecule has 0 N–H and O–H groups in total. The van der Waals surface area contributed by atoms with Crippen molar-refractivity contribution in [3.05, 3.63) is 46.8 Å². The highest BCUT2D eigenvalue weighted by molar-refractivity contribution is 5.37. The molecular formula is C17H19F3N4O2. The summed E-state index contributed by atoms with van der Waals surface area (Å²) < 4.78 is 44.9. The maximum absolute atomic E-state index is 12.7. The number of hydrogen-bond acceptors (Lipinski definition) is 5. The molecule has 26 heavy (non-hydrogen) atoms. The summed E-state index contributed by atoms with van der Waals surface area (Å²) in [5.74, 6) is 1.06. The number of anilines is 1. The molecule has 0 unspecified atom stereocenters. The molecule has 0 aliphatic carbocycles. The Labute approximate surface area is 148 Å². The van der Waals surface area contributed by atoms with Crippen molar-refractivity contribution in [2.24, 2.45) is 13.0 Å². The van der Waals surface area contributed by atoms with Crippen LogP contribution in [0.25, 0.3) is 0 Å². The summed E-state index contributed by atoms with van der Waals surface area (Å²) in [6.07, 6.45) is -0.260. The predicted octanol–water partition coefficient (Wildman–Crippen LogP) is 2.49. The van der Waals surface area contributed by atoms with Gasteiger partial charge in [0.15, 0.2) is 0 Å². The van der Waals surface area contributed by atoms with Crippen molar-refractivity contribution in [3.8, 4) is 5.75 Å². The molecule has 0 radical (unpaired) electrons.